The van der Waals surface area contributed by atoms with Gasteiger partial charge in [-0.25, -0.2) is 0 Å². The number of carbonyl (C=O) groups excluding carboxylic acids is 1. The molecule has 0 radical (unpaired) electrons. The summed E-state index contributed by atoms with van der Waals surface area (Å²) >= 11 is 0. The maximum absolute atomic E-state index is 12.1. The molecule has 1 N–H and O–H groups in total. The van der Waals surface area contributed by atoms with Gasteiger partial charge in [0.25, 0.3) is 5.91 Å². The Kier molecular flexibility index (Phi) is 7.69. The van der Waals surface area contributed by atoms with E-state index in [0.717, 1.165) is 6.42 Å². The number of benzene rings is 1. The van der Waals surface area contributed by atoms with Crippen molar-refractivity contribution in [1.82, 2.24) is 5.32 Å². The van der Waals surface area contributed by atoms with Crippen LogP contribution in [0.1, 0.15) is 39.7 Å². The molecule has 23 heavy (non-hydrogen) atoms. The molecule has 0 unspecified atom stereocenters. The standard InChI is InChI=1S/C18H24N2O3/c1-5-10-23-17-14(8-7-9-16(17)22-6-2)11-15(12-19)18(21)20-13(3)4/h7-9,11,13H,5-6,10H2,1-4H3,(H,20,21)/b15-11+. The van der Waals surface area contributed by atoms with Gasteiger partial charge in [0.15, 0.2) is 11.5 Å². The Bertz CT molecular complexity index is 601. The number of carbonyl (C=O) groups is 1. The molecule has 0 bridgehead atoms. The highest BCUT2D eigenvalue weighted by Crippen LogP contribution is 2.33. The SMILES string of the molecule is CCCOc1c(/C=C(\C#N)C(=O)NC(C)C)cccc1OCC. The van der Waals surface area contributed by atoms with Crippen molar-refractivity contribution in [2.75, 3.05) is 13.2 Å². The zero-order valence-electron chi connectivity index (χ0n) is 14.2. The number of hydrogen-bond acceptors (Lipinski definition) is 4. The predicted molar refractivity (Wildman–Crippen MR) is 90.3 cm³/mol. The number of nitrogens with zero attached hydrogens (tertiary/aromatic N) is 1. The molecule has 0 fully saturated rings. The molecule has 5 nitrogen and oxygen atoms in total. The molecule has 0 aromatic heterocycles. The first-order valence-corrected chi connectivity index (χ1v) is 7.84. The zero-order valence-corrected chi connectivity index (χ0v) is 14.2. The van der Waals surface area contributed by atoms with Crippen LogP contribution in [-0.2, 0) is 4.79 Å². The Morgan fingerprint density at radius 3 is 2.65 bits per heavy atom. The lowest BCUT2D eigenvalue weighted by Gasteiger charge is -2.14. The van der Waals surface area contributed by atoms with Crippen LogP contribution in [0, 0.1) is 11.3 Å². The monoisotopic (exact) mass is 316 g/mol. The minimum atomic E-state index is -0.397. The fourth-order valence-electron chi connectivity index (χ4n) is 1.92. The van der Waals surface area contributed by atoms with Gasteiger partial charge in [-0.15, -0.1) is 0 Å². The van der Waals surface area contributed by atoms with Crippen LogP contribution in [-0.4, -0.2) is 25.2 Å². The number of hydrogen-bond donors (Lipinski definition) is 1. The van der Waals surface area contributed by atoms with Crippen molar-refractivity contribution in [2.24, 2.45) is 0 Å². The van der Waals surface area contributed by atoms with E-state index >= 15 is 0 Å². The molecule has 1 amide bonds. The van der Waals surface area contributed by atoms with Crippen molar-refractivity contribution in [3.63, 3.8) is 0 Å². The van der Waals surface area contributed by atoms with Crippen LogP contribution in [0.4, 0.5) is 0 Å². The summed E-state index contributed by atoms with van der Waals surface area (Å²) in [6.45, 7) is 8.63. The van der Waals surface area contributed by atoms with Crippen LogP contribution in [0.3, 0.4) is 0 Å². The maximum Gasteiger partial charge on any atom is 0.262 e. The first kappa shape index (κ1) is 18.6. The molecule has 0 saturated carbocycles. The lowest BCUT2D eigenvalue weighted by atomic mass is 10.1. The summed E-state index contributed by atoms with van der Waals surface area (Å²) in [6, 6.07) is 7.33. The van der Waals surface area contributed by atoms with Gasteiger partial charge in [-0.1, -0.05) is 19.1 Å². The van der Waals surface area contributed by atoms with E-state index in [1.54, 1.807) is 6.07 Å². The van der Waals surface area contributed by atoms with Gasteiger partial charge in [-0.2, -0.15) is 5.26 Å². The van der Waals surface area contributed by atoms with E-state index in [1.165, 1.54) is 6.08 Å². The first-order chi connectivity index (χ1) is 11.0. The van der Waals surface area contributed by atoms with Crippen LogP contribution in [0.5, 0.6) is 11.5 Å². The number of para-hydroxylation sites is 1. The Morgan fingerprint density at radius 2 is 2.09 bits per heavy atom. The minimum Gasteiger partial charge on any atom is -0.490 e. The molecule has 0 aliphatic rings. The second kappa shape index (κ2) is 9.52. The van der Waals surface area contributed by atoms with Gasteiger partial charge >= 0.3 is 0 Å². The third kappa shape index (κ3) is 5.67. The van der Waals surface area contributed by atoms with E-state index < -0.39 is 5.91 Å². The van der Waals surface area contributed by atoms with E-state index in [4.69, 9.17) is 9.47 Å². The van der Waals surface area contributed by atoms with Crippen molar-refractivity contribution < 1.29 is 14.3 Å². The van der Waals surface area contributed by atoms with Crippen LogP contribution >= 0.6 is 0 Å². The molecular weight excluding hydrogens is 292 g/mol. The number of amides is 1. The maximum atomic E-state index is 12.1. The van der Waals surface area contributed by atoms with Crippen molar-refractivity contribution in [3.8, 4) is 17.6 Å². The molecule has 1 aromatic carbocycles. The van der Waals surface area contributed by atoms with Gasteiger partial charge in [-0.05, 0) is 39.3 Å². The topological polar surface area (TPSA) is 71.3 Å². The molecule has 5 heteroatoms. The quantitative estimate of drug-likeness (QED) is 0.590. The fourth-order valence-corrected chi connectivity index (χ4v) is 1.92. The number of ether oxygens (including phenoxy) is 2. The smallest absolute Gasteiger partial charge is 0.262 e. The molecule has 0 heterocycles. The Morgan fingerprint density at radius 1 is 1.35 bits per heavy atom. The second-order valence-corrected chi connectivity index (χ2v) is 5.25. The highest BCUT2D eigenvalue weighted by atomic mass is 16.5. The van der Waals surface area contributed by atoms with Crippen LogP contribution in [0.15, 0.2) is 23.8 Å². The Labute approximate surface area is 137 Å². The number of nitrogens with one attached hydrogen (secondary N) is 1. The van der Waals surface area contributed by atoms with Crippen LogP contribution in [0.2, 0.25) is 0 Å². The van der Waals surface area contributed by atoms with Crippen LogP contribution in [0.25, 0.3) is 6.08 Å². The summed E-state index contributed by atoms with van der Waals surface area (Å²) in [5.41, 5.74) is 0.688. The lowest BCUT2D eigenvalue weighted by Crippen LogP contribution is -2.30. The van der Waals surface area contributed by atoms with Gasteiger partial charge < -0.3 is 14.8 Å². The van der Waals surface area contributed by atoms with Crippen molar-refractivity contribution in [1.29, 1.82) is 5.26 Å². The van der Waals surface area contributed by atoms with E-state index in [1.807, 2.05) is 45.9 Å². The Hall–Kier alpha value is -2.48. The summed E-state index contributed by atoms with van der Waals surface area (Å²) in [7, 11) is 0. The van der Waals surface area contributed by atoms with Gasteiger partial charge in [0, 0.05) is 11.6 Å². The summed E-state index contributed by atoms with van der Waals surface area (Å²) in [5.74, 6) is 0.767. The third-order valence-electron chi connectivity index (χ3n) is 2.84. The molecule has 0 aliphatic heterocycles. The van der Waals surface area contributed by atoms with Gasteiger partial charge in [0.2, 0.25) is 0 Å². The van der Waals surface area contributed by atoms with E-state index in [-0.39, 0.29) is 11.6 Å². The summed E-state index contributed by atoms with van der Waals surface area (Å²) < 4.78 is 11.3. The second-order valence-electron chi connectivity index (χ2n) is 5.25. The van der Waals surface area contributed by atoms with Gasteiger partial charge in [0.05, 0.1) is 13.2 Å². The summed E-state index contributed by atoms with van der Waals surface area (Å²) in [4.78, 5) is 12.1. The third-order valence-corrected chi connectivity index (χ3v) is 2.84. The highest BCUT2D eigenvalue weighted by molar-refractivity contribution is 6.02. The van der Waals surface area contributed by atoms with Crippen molar-refractivity contribution in [3.05, 3.63) is 29.3 Å². The summed E-state index contributed by atoms with van der Waals surface area (Å²) in [5, 5.41) is 12.0. The van der Waals surface area contributed by atoms with E-state index in [0.29, 0.717) is 30.3 Å². The highest BCUT2D eigenvalue weighted by Gasteiger charge is 2.14. The molecule has 0 aliphatic carbocycles. The minimum absolute atomic E-state index is 0.0358. The van der Waals surface area contributed by atoms with E-state index in [2.05, 4.69) is 5.32 Å². The average Bonchev–Trinajstić information content (AvgIpc) is 2.51. The fraction of sp³-hybridized carbons (Fsp3) is 0.444. The van der Waals surface area contributed by atoms with Gasteiger partial charge in [-0.3, -0.25) is 4.79 Å². The van der Waals surface area contributed by atoms with E-state index in [9.17, 15) is 10.1 Å². The molecule has 0 spiro atoms. The molecule has 0 saturated heterocycles. The first-order valence-electron chi connectivity index (χ1n) is 7.84. The average molecular weight is 316 g/mol. The molecule has 1 aromatic rings. The largest absolute Gasteiger partial charge is 0.490 e. The molecular formula is C18H24N2O3. The predicted octanol–water partition coefficient (Wildman–Crippen LogP) is 3.31. The normalized spacial score (nSPS) is 11.0. The Balaban J connectivity index is 3.23. The van der Waals surface area contributed by atoms with Crippen molar-refractivity contribution >= 4 is 12.0 Å². The number of rotatable bonds is 8. The van der Waals surface area contributed by atoms with Crippen molar-refractivity contribution in [2.45, 2.75) is 40.2 Å². The molecule has 124 valence electrons. The van der Waals surface area contributed by atoms with Gasteiger partial charge in [0.1, 0.15) is 11.6 Å². The van der Waals surface area contributed by atoms with Crippen LogP contribution < -0.4 is 14.8 Å². The number of nitriles is 1. The lowest BCUT2D eigenvalue weighted by molar-refractivity contribution is -0.117. The summed E-state index contributed by atoms with van der Waals surface area (Å²) in [6.07, 6.45) is 2.38. The molecule has 0 atom stereocenters. The zero-order chi connectivity index (χ0) is 17.2. The molecule has 1 rings (SSSR count).